The van der Waals surface area contributed by atoms with E-state index in [1.807, 2.05) is 66.7 Å². The second-order valence-electron chi connectivity index (χ2n) is 3.72. The normalized spacial score (nSPS) is 11.5. The van der Waals surface area contributed by atoms with Gasteiger partial charge in [0.1, 0.15) is 6.61 Å². The summed E-state index contributed by atoms with van der Waals surface area (Å²) in [5, 5.41) is 8.64. The zero-order chi connectivity index (χ0) is 11.9. The van der Waals surface area contributed by atoms with Crippen molar-refractivity contribution in [3.63, 3.8) is 0 Å². The van der Waals surface area contributed by atoms with Crippen LogP contribution in [0.25, 0.3) is 11.6 Å². The fourth-order valence-electron chi connectivity index (χ4n) is 1.68. The number of hydrogen-bond donors (Lipinski definition) is 1. The summed E-state index contributed by atoms with van der Waals surface area (Å²) in [6.07, 6.45) is 2.01. The van der Waals surface area contributed by atoms with Crippen LogP contribution in [0, 0.1) is 0 Å². The predicted octanol–water partition coefficient (Wildman–Crippen LogP) is 3.72. The molecule has 2 heteroatoms. The molecule has 2 nitrogen and oxygen atoms in total. The highest BCUT2D eigenvalue weighted by Gasteiger charge is 2.01. The van der Waals surface area contributed by atoms with E-state index in [4.69, 9.17) is 5.26 Å². The highest BCUT2D eigenvalue weighted by molar-refractivity contribution is 5.81. The van der Waals surface area contributed by atoms with Gasteiger partial charge in [0, 0.05) is 0 Å². The summed E-state index contributed by atoms with van der Waals surface area (Å²) in [5.74, 6) is 0. The Labute approximate surface area is 101 Å². The first-order valence-corrected chi connectivity index (χ1v) is 5.47. The van der Waals surface area contributed by atoms with Crippen molar-refractivity contribution in [1.82, 2.24) is 0 Å². The zero-order valence-electron chi connectivity index (χ0n) is 9.41. The first kappa shape index (κ1) is 11.6. The van der Waals surface area contributed by atoms with E-state index in [0.29, 0.717) is 0 Å². The van der Waals surface area contributed by atoms with Crippen LogP contribution >= 0.6 is 0 Å². The van der Waals surface area contributed by atoms with Gasteiger partial charge in [-0.25, -0.2) is 4.89 Å². The molecule has 0 bridgehead atoms. The molecule has 0 saturated heterocycles. The Bertz CT molecular complexity index is 475. The van der Waals surface area contributed by atoms with Gasteiger partial charge in [0.2, 0.25) is 0 Å². The van der Waals surface area contributed by atoms with Crippen LogP contribution in [0.3, 0.4) is 0 Å². The quantitative estimate of drug-likeness (QED) is 0.489. The lowest BCUT2D eigenvalue weighted by molar-refractivity contribution is -0.229. The molecule has 0 radical (unpaired) electrons. The minimum atomic E-state index is 0.179. The average Bonchev–Trinajstić information content (AvgIpc) is 2.40. The maximum absolute atomic E-state index is 8.64. The molecular weight excluding hydrogens is 212 g/mol. The lowest BCUT2D eigenvalue weighted by Gasteiger charge is -2.05. The van der Waals surface area contributed by atoms with Crippen molar-refractivity contribution >= 4 is 11.6 Å². The van der Waals surface area contributed by atoms with Crippen molar-refractivity contribution in [2.24, 2.45) is 0 Å². The minimum Gasteiger partial charge on any atom is -0.251 e. The number of benzene rings is 2. The third-order valence-electron chi connectivity index (χ3n) is 2.51. The zero-order valence-corrected chi connectivity index (χ0v) is 9.41. The minimum absolute atomic E-state index is 0.179. The fraction of sp³-hybridized carbons (Fsp3) is 0.0667. The topological polar surface area (TPSA) is 29.5 Å². The van der Waals surface area contributed by atoms with Crippen LogP contribution in [-0.4, -0.2) is 11.9 Å². The van der Waals surface area contributed by atoms with E-state index in [1.165, 1.54) is 0 Å². The van der Waals surface area contributed by atoms with E-state index in [9.17, 15) is 0 Å². The monoisotopic (exact) mass is 226 g/mol. The molecule has 0 aliphatic carbocycles. The van der Waals surface area contributed by atoms with Gasteiger partial charge in [0.15, 0.2) is 0 Å². The molecule has 0 aromatic heterocycles. The molecular formula is C15H14O2. The third kappa shape index (κ3) is 3.28. The molecule has 0 saturated carbocycles. The number of hydrogen-bond acceptors (Lipinski definition) is 2. The Morgan fingerprint density at radius 2 is 1.53 bits per heavy atom. The van der Waals surface area contributed by atoms with Gasteiger partial charge in [-0.2, -0.15) is 0 Å². The van der Waals surface area contributed by atoms with Crippen LogP contribution in [0.15, 0.2) is 60.7 Å². The van der Waals surface area contributed by atoms with Crippen molar-refractivity contribution in [2.45, 2.75) is 0 Å². The number of rotatable bonds is 4. The molecule has 0 aliphatic heterocycles. The first-order valence-electron chi connectivity index (χ1n) is 5.47. The first-order chi connectivity index (χ1) is 8.40. The maximum Gasteiger partial charge on any atom is 0.108 e. The lowest BCUT2D eigenvalue weighted by Crippen LogP contribution is -1.94. The Morgan fingerprint density at radius 3 is 2.12 bits per heavy atom. The van der Waals surface area contributed by atoms with Crippen molar-refractivity contribution < 1.29 is 10.1 Å². The predicted molar refractivity (Wildman–Crippen MR) is 69.3 cm³/mol. The average molecular weight is 226 g/mol. The van der Waals surface area contributed by atoms with Crippen LogP contribution in [0.2, 0.25) is 0 Å². The molecule has 0 aliphatic rings. The molecule has 2 aromatic rings. The molecule has 0 spiro atoms. The SMILES string of the molecule is OOCC(=Cc1ccccc1)c1ccccc1. The summed E-state index contributed by atoms with van der Waals surface area (Å²) in [6, 6.07) is 19.8. The molecule has 0 amide bonds. The van der Waals surface area contributed by atoms with E-state index in [0.717, 1.165) is 16.7 Å². The highest BCUT2D eigenvalue weighted by atomic mass is 17.1. The molecule has 0 unspecified atom stereocenters. The summed E-state index contributed by atoms with van der Waals surface area (Å²) in [6.45, 7) is 0.179. The van der Waals surface area contributed by atoms with Crippen LogP contribution < -0.4 is 0 Å². The van der Waals surface area contributed by atoms with Crippen molar-refractivity contribution in [3.05, 3.63) is 71.8 Å². The summed E-state index contributed by atoms with van der Waals surface area (Å²) >= 11 is 0. The molecule has 0 heterocycles. The van der Waals surface area contributed by atoms with Crippen LogP contribution in [-0.2, 0) is 4.89 Å². The molecule has 2 rings (SSSR count). The van der Waals surface area contributed by atoms with E-state index >= 15 is 0 Å². The van der Waals surface area contributed by atoms with E-state index in [2.05, 4.69) is 4.89 Å². The van der Waals surface area contributed by atoms with E-state index in [-0.39, 0.29) is 6.61 Å². The Balaban J connectivity index is 2.33. The molecule has 86 valence electrons. The van der Waals surface area contributed by atoms with Crippen LogP contribution in [0.1, 0.15) is 11.1 Å². The van der Waals surface area contributed by atoms with Crippen molar-refractivity contribution in [2.75, 3.05) is 6.61 Å². The van der Waals surface area contributed by atoms with Crippen molar-refractivity contribution in [1.29, 1.82) is 0 Å². The van der Waals surface area contributed by atoms with Gasteiger partial charge >= 0.3 is 0 Å². The van der Waals surface area contributed by atoms with Gasteiger partial charge in [-0.15, -0.1) is 0 Å². The molecule has 0 atom stereocenters. The highest BCUT2D eigenvalue weighted by Crippen LogP contribution is 2.18. The van der Waals surface area contributed by atoms with Gasteiger partial charge in [0.25, 0.3) is 0 Å². The largest absolute Gasteiger partial charge is 0.251 e. The smallest absolute Gasteiger partial charge is 0.108 e. The fourth-order valence-corrected chi connectivity index (χ4v) is 1.68. The maximum atomic E-state index is 8.64. The van der Waals surface area contributed by atoms with Crippen LogP contribution in [0.5, 0.6) is 0 Å². The molecule has 0 fully saturated rings. The molecule has 1 N–H and O–H groups in total. The standard InChI is InChI=1S/C15H14O2/c16-17-12-15(14-9-5-2-6-10-14)11-13-7-3-1-4-8-13/h1-11,16H,12H2. The second-order valence-corrected chi connectivity index (χ2v) is 3.72. The second kappa shape index (κ2) is 5.99. The van der Waals surface area contributed by atoms with Gasteiger partial charge < -0.3 is 0 Å². The van der Waals surface area contributed by atoms with Gasteiger partial charge in [-0.05, 0) is 22.8 Å². The molecule has 2 aromatic carbocycles. The van der Waals surface area contributed by atoms with Crippen LogP contribution in [0.4, 0.5) is 0 Å². The summed E-state index contributed by atoms with van der Waals surface area (Å²) in [4.78, 5) is 4.26. The van der Waals surface area contributed by atoms with Gasteiger partial charge in [0.05, 0.1) is 0 Å². The van der Waals surface area contributed by atoms with Gasteiger partial charge in [-0.3, -0.25) is 5.26 Å². The Kier molecular flexibility index (Phi) is 4.08. The lowest BCUT2D eigenvalue weighted by atomic mass is 10.0. The summed E-state index contributed by atoms with van der Waals surface area (Å²) in [5.41, 5.74) is 3.08. The van der Waals surface area contributed by atoms with Gasteiger partial charge in [-0.1, -0.05) is 60.7 Å². The third-order valence-corrected chi connectivity index (χ3v) is 2.51. The van der Waals surface area contributed by atoms with E-state index < -0.39 is 0 Å². The van der Waals surface area contributed by atoms with Crippen molar-refractivity contribution in [3.8, 4) is 0 Å². The summed E-state index contributed by atoms with van der Waals surface area (Å²) in [7, 11) is 0. The van der Waals surface area contributed by atoms with E-state index in [1.54, 1.807) is 0 Å². The Hall–Kier alpha value is -1.90. The molecule has 17 heavy (non-hydrogen) atoms. The Morgan fingerprint density at radius 1 is 0.941 bits per heavy atom. The summed E-state index contributed by atoms with van der Waals surface area (Å²) < 4.78 is 0.